The van der Waals surface area contributed by atoms with Crippen molar-refractivity contribution >= 4 is 38.8 Å². The molecule has 0 amide bonds. The predicted molar refractivity (Wildman–Crippen MR) is 175 cm³/mol. The van der Waals surface area contributed by atoms with Crippen molar-refractivity contribution in [1.82, 2.24) is 4.57 Å². The van der Waals surface area contributed by atoms with E-state index >= 15 is 0 Å². The van der Waals surface area contributed by atoms with Crippen molar-refractivity contribution in [1.29, 1.82) is 0 Å². The van der Waals surface area contributed by atoms with E-state index in [1.165, 1.54) is 55.6 Å². The van der Waals surface area contributed by atoms with Gasteiger partial charge in [0.2, 0.25) is 0 Å². The van der Waals surface area contributed by atoms with Gasteiger partial charge < -0.3 is 9.47 Å². The third kappa shape index (κ3) is 4.79. The minimum absolute atomic E-state index is 0.812. The van der Waals surface area contributed by atoms with Crippen LogP contribution in [0.25, 0.3) is 33.1 Å². The van der Waals surface area contributed by atoms with Crippen LogP contribution in [0.2, 0.25) is 0 Å². The fourth-order valence-corrected chi connectivity index (χ4v) is 5.97. The summed E-state index contributed by atoms with van der Waals surface area (Å²) >= 11 is 0. The maximum atomic E-state index is 4.29. The molecule has 6 aromatic rings. The summed E-state index contributed by atoms with van der Waals surface area (Å²) in [4.78, 5) is 2.36. The lowest BCUT2D eigenvalue weighted by Gasteiger charge is -2.26. The second kappa shape index (κ2) is 10.8. The molecular formula is C39H32N2. The average molecular weight is 529 g/mol. The normalized spacial score (nSPS) is 14.8. The van der Waals surface area contributed by atoms with Crippen molar-refractivity contribution in [2.24, 2.45) is 0 Å². The van der Waals surface area contributed by atoms with E-state index < -0.39 is 0 Å². The van der Waals surface area contributed by atoms with Crippen LogP contribution in [0.1, 0.15) is 16.7 Å². The molecule has 41 heavy (non-hydrogen) atoms. The predicted octanol–water partition coefficient (Wildman–Crippen LogP) is 9.85. The number of para-hydroxylation sites is 3. The second-order valence-electron chi connectivity index (χ2n) is 10.6. The summed E-state index contributed by atoms with van der Waals surface area (Å²) in [6.07, 6.45) is 10.5. The quantitative estimate of drug-likeness (QED) is 0.216. The van der Waals surface area contributed by atoms with Crippen molar-refractivity contribution in [2.75, 3.05) is 11.4 Å². The van der Waals surface area contributed by atoms with Gasteiger partial charge in [-0.05, 0) is 72.0 Å². The topological polar surface area (TPSA) is 8.17 Å². The van der Waals surface area contributed by atoms with Crippen LogP contribution in [0, 0.1) is 0 Å². The summed E-state index contributed by atoms with van der Waals surface area (Å²) in [5, 5.41) is 2.59. The Morgan fingerprint density at radius 3 is 1.78 bits per heavy atom. The first-order valence-corrected chi connectivity index (χ1v) is 14.3. The molecule has 1 aromatic heterocycles. The molecule has 0 radical (unpaired) electrons. The Balaban J connectivity index is 1.09. The number of allylic oxidation sites excluding steroid dienone is 4. The summed E-state index contributed by atoms with van der Waals surface area (Å²) in [5.41, 5.74) is 11.0. The number of benzene rings is 5. The minimum Gasteiger partial charge on any atom is -0.337 e. The third-order valence-electron chi connectivity index (χ3n) is 8.10. The maximum Gasteiger partial charge on any atom is 0.0541 e. The van der Waals surface area contributed by atoms with Crippen LogP contribution in [-0.2, 0) is 12.8 Å². The molecule has 1 aliphatic heterocycles. The largest absolute Gasteiger partial charge is 0.337 e. The molecule has 198 valence electrons. The van der Waals surface area contributed by atoms with Gasteiger partial charge in [-0.15, -0.1) is 0 Å². The van der Waals surface area contributed by atoms with Crippen LogP contribution >= 0.6 is 0 Å². The highest BCUT2D eigenvalue weighted by Gasteiger charge is 2.14. The molecule has 0 aliphatic carbocycles. The lowest BCUT2D eigenvalue weighted by atomic mass is 10.0. The van der Waals surface area contributed by atoms with Gasteiger partial charge in [0.15, 0.2) is 0 Å². The smallest absolute Gasteiger partial charge is 0.0541 e. The van der Waals surface area contributed by atoms with E-state index in [2.05, 4.69) is 162 Å². The monoisotopic (exact) mass is 528 g/mol. The van der Waals surface area contributed by atoms with E-state index in [-0.39, 0.29) is 0 Å². The highest BCUT2D eigenvalue weighted by molar-refractivity contribution is 6.09. The standard InChI is InChI=1S/C39H32N2/c1-29-11-3-2-10-28-40(37-15-7-4-12-34(29)37)32-24-20-30(21-25-32)18-19-31-22-26-33(27-23-31)41-38-16-8-5-13-35(38)36-14-6-9-17-39(36)41/h2-17,20-27H,1,18-19,28H2/b10-2-,11-3-. The molecule has 0 saturated carbocycles. The number of aryl methyl sites for hydroxylation is 2. The molecule has 0 atom stereocenters. The van der Waals surface area contributed by atoms with Gasteiger partial charge in [0, 0.05) is 39.9 Å². The van der Waals surface area contributed by atoms with E-state index in [1.54, 1.807) is 0 Å². The van der Waals surface area contributed by atoms with Crippen molar-refractivity contribution in [2.45, 2.75) is 12.8 Å². The molecule has 7 rings (SSSR count). The van der Waals surface area contributed by atoms with E-state index in [0.717, 1.165) is 25.0 Å². The van der Waals surface area contributed by atoms with E-state index in [9.17, 15) is 0 Å². The summed E-state index contributed by atoms with van der Waals surface area (Å²) in [5.74, 6) is 0. The first-order valence-electron chi connectivity index (χ1n) is 14.3. The van der Waals surface area contributed by atoms with Crippen molar-refractivity contribution in [3.63, 3.8) is 0 Å². The Morgan fingerprint density at radius 2 is 1.12 bits per heavy atom. The summed E-state index contributed by atoms with van der Waals surface area (Å²) < 4.78 is 2.37. The molecule has 0 N–H and O–H groups in total. The summed E-state index contributed by atoms with van der Waals surface area (Å²) in [7, 11) is 0. The lowest BCUT2D eigenvalue weighted by Crippen LogP contribution is -2.18. The number of anilines is 2. The molecule has 2 heteroatoms. The molecular weight excluding hydrogens is 496 g/mol. The second-order valence-corrected chi connectivity index (χ2v) is 10.6. The van der Waals surface area contributed by atoms with E-state index in [4.69, 9.17) is 0 Å². The third-order valence-corrected chi connectivity index (χ3v) is 8.10. The molecule has 2 heterocycles. The Bertz CT molecular complexity index is 1860. The van der Waals surface area contributed by atoms with Gasteiger partial charge in [0.1, 0.15) is 0 Å². The molecule has 5 aromatic carbocycles. The van der Waals surface area contributed by atoms with Gasteiger partial charge in [-0.3, -0.25) is 0 Å². The van der Waals surface area contributed by atoms with Gasteiger partial charge in [-0.1, -0.05) is 110 Å². The van der Waals surface area contributed by atoms with Crippen molar-refractivity contribution in [3.8, 4) is 5.69 Å². The number of nitrogens with zero attached hydrogens (tertiary/aromatic N) is 2. The number of hydrogen-bond donors (Lipinski definition) is 0. The summed E-state index contributed by atoms with van der Waals surface area (Å²) in [6, 6.07) is 44.0. The minimum atomic E-state index is 0.812. The molecule has 0 spiro atoms. The highest BCUT2D eigenvalue weighted by Crippen LogP contribution is 2.34. The molecule has 0 bridgehead atoms. The Kier molecular flexibility index (Phi) is 6.58. The van der Waals surface area contributed by atoms with Crippen LogP contribution < -0.4 is 4.90 Å². The van der Waals surface area contributed by atoms with Crippen LogP contribution in [0.15, 0.2) is 152 Å². The van der Waals surface area contributed by atoms with Crippen LogP contribution in [0.4, 0.5) is 11.4 Å². The zero-order valence-corrected chi connectivity index (χ0v) is 23.1. The van der Waals surface area contributed by atoms with Crippen LogP contribution in [0.5, 0.6) is 0 Å². The van der Waals surface area contributed by atoms with E-state index in [0.29, 0.717) is 0 Å². The average Bonchev–Trinajstić information content (AvgIpc) is 3.40. The Labute approximate surface area is 241 Å². The molecule has 2 nitrogen and oxygen atoms in total. The molecule has 0 unspecified atom stereocenters. The summed E-state index contributed by atoms with van der Waals surface area (Å²) in [6.45, 7) is 5.10. The molecule has 1 aliphatic rings. The van der Waals surface area contributed by atoms with Crippen LogP contribution in [0.3, 0.4) is 0 Å². The van der Waals surface area contributed by atoms with Gasteiger partial charge >= 0.3 is 0 Å². The maximum absolute atomic E-state index is 4.29. The van der Waals surface area contributed by atoms with E-state index in [1.807, 2.05) is 0 Å². The van der Waals surface area contributed by atoms with Gasteiger partial charge in [-0.25, -0.2) is 0 Å². The lowest BCUT2D eigenvalue weighted by molar-refractivity contribution is 0.957. The number of hydrogen-bond acceptors (Lipinski definition) is 1. The zero-order chi connectivity index (χ0) is 27.6. The molecule has 0 saturated heterocycles. The SMILES string of the molecule is C=C1/C=C\C=C/CN(c2ccc(CCc3ccc(-n4c5ccccc5c5ccccc54)cc3)cc2)c2ccccc21. The number of rotatable bonds is 5. The Morgan fingerprint density at radius 1 is 0.561 bits per heavy atom. The first-order chi connectivity index (χ1) is 20.3. The zero-order valence-electron chi connectivity index (χ0n) is 23.1. The van der Waals surface area contributed by atoms with Crippen molar-refractivity contribution in [3.05, 3.63) is 169 Å². The van der Waals surface area contributed by atoms with Gasteiger partial charge in [0.25, 0.3) is 0 Å². The fourth-order valence-electron chi connectivity index (χ4n) is 5.97. The van der Waals surface area contributed by atoms with Crippen molar-refractivity contribution < 1.29 is 0 Å². The number of aromatic nitrogens is 1. The number of fused-ring (bicyclic) bond motifs is 4. The van der Waals surface area contributed by atoms with Gasteiger partial charge in [-0.2, -0.15) is 0 Å². The first kappa shape index (κ1) is 24.9. The fraction of sp³-hybridized carbons (Fsp3) is 0.0769. The van der Waals surface area contributed by atoms with Gasteiger partial charge in [0.05, 0.1) is 11.0 Å². The molecule has 0 fully saturated rings. The highest BCUT2D eigenvalue weighted by atomic mass is 15.1. The van der Waals surface area contributed by atoms with Crippen LogP contribution in [-0.4, -0.2) is 11.1 Å². The Hall–Kier alpha value is -5.08.